The maximum atomic E-state index is 12.4. The van der Waals surface area contributed by atoms with Crippen LogP contribution < -0.4 is 19.5 Å². The maximum Gasteiger partial charge on any atom is 0.231 e. The van der Waals surface area contributed by atoms with Gasteiger partial charge in [-0.05, 0) is 55.8 Å². The molecular formula is C24H21N5O4. The van der Waals surface area contributed by atoms with E-state index < -0.39 is 0 Å². The molecule has 0 saturated heterocycles. The van der Waals surface area contributed by atoms with E-state index in [0.29, 0.717) is 34.6 Å². The van der Waals surface area contributed by atoms with E-state index in [1.807, 2.05) is 36.6 Å². The summed E-state index contributed by atoms with van der Waals surface area (Å²) >= 11 is 0. The molecule has 9 nitrogen and oxygen atoms in total. The number of ether oxygens (including phenoxy) is 3. The molecule has 3 heterocycles. The lowest BCUT2D eigenvalue weighted by atomic mass is 10.1. The number of nitrogens with one attached hydrogen (secondary N) is 1. The minimum Gasteiger partial charge on any atom is -0.454 e. The normalized spacial score (nSPS) is 11.9. The van der Waals surface area contributed by atoms with Gasteiger partial charge in [0.15, 0.2) is 11.5 Å². The highest BCUT2D eigenvalue weighted by Crippen LogP contribution is 2.32. The van der Waals surface area contributed by atoms with Gasteiger partial charge in [0.25, 0.3) is 0 Å². The Labute approximate surface area is 190 Å². The van der Waals surface area contributed by atoms with Gasteiger partial charge in [-0.25, -0.2) is 15.0 Å². The molecule has 1 amide bonds. The zero-order chi connectivity index (χ0) is 22.8. The second kappa shape index (κ2) is 8.62. The van der Waals surface area contributed by atoms with Crippen LogP contribution in [0.3, 0.4) is 0 Å². The van der Waals surface area contributed by atoms with Gasteiger partial charge >= 0.3 is 0 Å². The lowest BCUT2D eigenvalue weighted by Gasteiger charge is -2.09. The number of carbonyl (C=O) groups excluding carboxylic acids is 1. The summed E-state index contributed by atoms with van der Waals surface area (Å²) in [5.41, 5.74) is 3.45. The predicted molar refractivity (Wildman–Crippen MR) is 120 cm³/mol. The summed E-state index contributed by atoms with van der Waals surface area (Å²) in [5, 5.41) is 2.89. The van der Waals surface area contributed by atoms with Gasteiger partial charge in [-0.15, -0.1) is 0 Å². The topological polar surface area (TPSA) is 100 Å². The number of carbonyl (C=O) groups is 1. The molecule has 0 atom stereocenters. The number of amides is 1. The molecule has 2 aromatic heterocycles. The van der Waals surface area contributed by atoms with Crippen molar-refractivity contribution >= 4 is 11.6 Å². The van der Waals surface area contributed by atoms with Crippen molar-refractivity contribution in [2.24, 2.45) is 0 Å². The summed E-state index contributed by atoms with van der Waals surface area (Å²) in [6, 6.07) is 14.3. The molecule has 33 heavy (non-hydrogen) atoms. The summed E-state index contributed by atoms with van der Waals surface area (Å²) < 4.78 is 18.4. The van der Waals surface area contributed by atoms with Crippen molar-refractivity contribution in [3.8, 4) is 28.9 Å². The van der Waals surface area contributed by atoms with Gasteiger partial charge in [-0.1, -0.05) is 6.07 Å². The molecule has 0 saturated carbocycles. The fourth-order valence-corrected chi connectivity index (χ4v) is 3.42. The SMILES string of the molecule is Cc1ncn(-c2cc(Oc3ccc(NC(=O)Cc4ccc5c(c4)OCO5)cc3)ncn2)c1C. The van der Waals surface area contributed by atoms with E-state index in [1.54, 1.807) is 36.7 Å². The van der Waals surface area contributed by atoms with E-state index in [2.05, 4.69) is 20.3 Å². The highest BCUT2D eigenvalue weighted by Gasteiger charge is 2.15. The van der Waals surface area contributed by atoms with Gasteiger partial charge in [0, 0.05) is 17.4 Å². The molecule has 0 bridgehead atoms. The van der Waals surface area contributed by atoms with Crippen LogP contribution in [-0.2, 0) is 11.2 Å². The van der Waals surface area contributed by atoms with Gasteiger partial charge in [-0.3, -0.25) is 9.36 Å². The Morgan fingerprint density at radius 1 is 1.03 bits per heavy atom. The monoisotopic (exact) mass is 443 g/mol. The first-order valence-corrected chi connectivity index (χ1v) is 10.3. The summed E-state index contributed by atoms with van der Waals surface area (Å²) in [6.07, 6.45) is 3.40. The quantitative estimate of drug-likeness (QED) is 0.481. The van der Waals surface area contributed by atoms with Crippen LogP contribution in [0.1, 0.15) is 17.0 Å². The summed E-state index contributed by atoms with van der Waals surface area (Å²) in [7, 11) is 0. The van der Waals surface area contributed by atoms with Crippen molar-refractivity contribution < 1.29 is 19.0 Å². The number of hydrogen-bond acceptors (Lipinski definition) is 7. The Kier molecular flexibility index (Phi) is 5.35. The molecule has 0 spiro atoms. The molecule has 0 aliphatic carbocycles. The average molecular weight is 443 g/mol. The first-order chi connectivity index (χ1) is 16.0. The van der Waals surface area contributed by atoms with Crippen LogP contribution in [0.2, 0.25) is 0 Å². The molecule has 1 N–H and O–H groups in total. The zero-order valence-electron chi connectivity index (χ0n) is 18.1. The summed E-state index contributed by atoms with van der Waals surface area (Å²) in [5.74, 6) is 2.89. The first kappa shape index (κ1) is 20.5. The van der Waals surface area contributed by atoms with Gasteiger partial charge in [0.2, 0.25) is 18.6 Å². The fraction of sp³-hybridized carbons (Fsp3) is 0.167. The molecule has 9 heteroatoms. The van der Waals surface area contributed by atoms with Crippen LogP contribution in [0.4, 0.5) is 5.69 Å². The number of benzene rings is 2. The molecule has 5 rings (SSSR count). The number of hydrogen-bond donors (Lipinski definition) is 1. The molecular weight excluding hydrogens is 422 g/mol. The van der Waals surface area contributed by atoms with E-state index in [0.717, 1.165) is 17.0 Å². The lowest BCUT2D eigenvalue weighted by Crippen LogP contribution is -2.14. The molecule has 2 aromatic carbocycles. The van der Waals surface area contributed by atoms with Gasteiger partial charge in [0.1, 0.15) is 24.2 Å². The van der Waals surface area contributed by atoms with Gasteiger partial charge in [-0.2, -0.15) is 0 Å². The van der Waals surface area contributed by atoms with Crippen LogP contribution >= 0.6 is 0 Å². The average Bonchev–Trinajstić information content (AvgIpc) is 3.41. The molecule has 4 aromatic rings. The Hall–Kier alpha value is -4.40. The number of anilines is 1. The summed E-state index contributed by atoms with van der Waals surface area (Å²) in [4.78, 5) is 25.2. The molecule has 166 valence electrons. The number of nitrogens with zero attached hydrogens (tertiary/aromatic N) is 4. The van der Waals surface area contributed by atoms with Crippen LogP contribution in [0.25, 0.3) is 5.82 Å². The number of imidazole rings is 1. The minimum atomic E-state index is -0.131. The molecule has 1 aliphatic heterocycles. The lowest BCUT2D eigenvalue weighted by molar-refractivity contribution is -0.115. The van der Waals surface area contributed by atoms with Crippen LogP contribution in [0.5, 0.6) is 23.1 Å². The van der Waals surface area contributed by atoms with Crippen LogP contribution in [0, 0.1) is 13.8 Å². The third kappa shape index (κ3) is 4.47. The van der Waals surface area contributed by atoms with Crippen molar-refractivity contribution in [2.45, 2.75) is 20.3 Å². The van der Waals surface area contributed by atoms with Crippen LogP contribution in [-0.4, -0.2) is 32.2 Å². The molecule has 1 aliphatic rings. The third-order valence-electron chi connectivity index (χ3n) is 5.29. The Bertz CT molecular complexity index is 1320. The number of fused-ring (bicyclic) bond motifs is 1. The Balaban J connectivity index is 1.21. The van der Waals surface area contributed by atoms with Crippen molar-refractivity contribution in [3.05, 3.63) is 78.1 Å². The van der Waals surface area contributed by atoms with Crippen molar-refractivity contribution in [2.75, 3.05) is 12.1 Å². The van der Waals surface area contributed by atoms with Crippen LogP contribution in [0.15, 0.2) is 61.2 Å². The third-order valence-corrected chi connectivity index (χ3v) is 5.29. The fourth-order valence-electron chi connectivity index (χ4n) is 3.42. The van der Waals surface area contributed by atoms with Crippen molar-refractivity contribution in [1.82, 2.24) is 19.5 Å². The number of aromatic nitrogens is 4. The number of aryl methyl sites for hydroxylation is 1. The highest BCUT2D eigenvalue weighted by molar-refractivity contribution is 5.92. The Morgan fingerprint density at radius 3 is 2.64 bits per heavy atom. The van der Waals surface area contributed by atoms with Crippen molar-refractivity contribution in [3.63, 3.8) is 0 Å². The molecule has 0 fully saturated rings. The predicted octanol–water partition coefficient (Wildman–Crippen LogP) is 3.98. The molecule has 0 unspecified atom stereocenters. The Morgan fingerprint density at radius 2 is 1.85 bits per heavy atom. The van der Waals surface area contributed by atoms with Crippen molar-refractivity contribution in [1.29, 1.82) is 0 Å². The van der Waals surface area contributed by atoms with Gasteiger partial charge < -0.3 is 19.5 Å². The minimum absolute atomic E-state index is 0.131. The van der Waals surface area contributed by atoms with E-state index in [1.165, 1.54) is 6.33 Å². The standard InChI is InChI=1S/C24H21N5O4/c1-15-16(2)29(13-27-15)22-11-24(26-12-25-22)33-19-6-4-18(5-7-19)28-23(30)10-17-3-8-20-21(9-17)32-14-31-20/h3-9,11-13H,10,14H2,1-2H3,(H,28,30). The van der Waals surface area contributed by atoms with E-state index >= 15 is 0 Å². The van der Waals surface area contributed by atoms with E-state index in [9.17, 15) is 4.79 Å². The zero-order valence-corrected chi connectivity index (χ0v) is 18.1. The van der Waals surface area contributed by atoms with Gasteiger partial charge in [0.05, 0.1) is 12.1 Å². The van der Waals surface area contributed by atoms with E-state index in [-0.39, 0.29) is 19.1 Å². The second-order valence-electron chi connectivity index (χ2n) is 7.54. The molecule has 0 radical (unpaired) electrons. The second-order valence-corrected chi connectivity index (χ2v) is 7.54. The smallest absolute Gasteiger partial charge is 0.231 e. The first-order valence-electron chi connectivity index (χ1n) is 10.3. The maximum absolute atomic E-state index is 12.4. The number of rotatable bonds is 6. The highest BCUT2D eigenvalue weighted by atomic mass is 16.7. The van der Waals surface area contributed by atoms with E-state index in [4.69, 9.17) is 14.2 Å². The summed E-state index contributed by atoms with van der Waals surface area (Å²) in [6.45, 7) is 4.13. The largest absolute Gasteiger partial charge is 0.454 e.